The molecule has 0 saturated carbocycles. The summed E-state index contributed by atoms with van der Waals surface area (Å²) in [5, 5.41) is 6.79. The van der Waals surface area contributed by atoms with Gasteiger partial charge in [0.05, 0.1) is 12.2 Å². The van der Waals surface area contributed by atoms with Crippen molar-refractivity contribution in [2.24, 2.45) is 0 Å². The summed E-state index contributed by atoms with van der Waals surface area (Å²) >= 11 is 0. The van der Waals surface area contributed by atoms with Crippen molar-refractivity contribution in [3.05, 3.63) is 18.0 Å². The molecule has 0 spiro atoms. The first-order chi connectivity index (χ1) is 8.72. The molecule has 0 aliphatic carbocycles. The molecule has 18 heavy (non-hydrogen) atoms. The van der Waals surface area contributed by atoms with Crippen molar-refractivity contribution < 1.29 is 0 Å². The Balaban J connectivity index is 1.91. The third-order valence-electron chi connectivity index (χ3n) is 3.88. The molecule has 0 aromatic carbocycles. The number of aromatic nitrogens is 2. The molecule has 2 rings (SSSR count). The number of aryl methyl sites for hydroxylation is 1. The molecule has 1 aliphatic rings. The Kier molecular flexibility index (Phi) is 4.78. The summed E-state index contributed by atoms with van der Waals surface area (Å²) in [6.07, 6.45) is 6.98. The van der Waals surface area contributed by atoms with E-state index in [0.717, 1.165) is 19.5 Å². The fourth-order valence-electron chi connectivity index (χ4n) is 2.83. The van der Waals surface area contributed by atoms with Gasteiger partial charge in [-0.1, -0.05) is 13.3 Å². The minimum atomic E-state index is 0.635. The van der Waals surface area contributed by atoms with Crippen LogP contribution in [-0.2, 0) is 13.1 Å². The molecule has 1 fully saturated rings. The smallest absolute Gasteiger partial charge is 0.0536 e. The van der Waals surface area contributed by atoms with E-state index in [2.05, 4.69) is 47.1 Å². The normalized spacial score (nSPS) is 25.5. The van der Waals surface area contributed by atoms with E-state index in [1.807, 2.05) is 6.20 Å². The van der Waals surface area contributed by atoms with E-state index in [9.17, 15) is 0 Å². The van der Waals surface area contributed by atoms with Crippen LogP contribution in [0.2, 0.25) is 0 Å². The van der Waals surface area contributed by atoms with Crippen LogP contribution in [0.4, 0.5) is 0 Å². The second kappa shape index (κ2) is 6.34. The molecule has 2 heterocycles. The maximum absolute atomic E-state index is 4.37. The number of hydrogen-bond donors (Lipinski definition) is 1. The van der Waals surface area contributed by atoms with Gasteiger partial charge in [0.1, 0.15) is 0 Å². The Hall–Kier alpha value is -0.870. The van der Waals surface area contributed by atoms with Gasteiger partial charge in [0.2, 0.25) is 0 Å². The van der Waals surface area contributed by atoms with Crippen LogP contribution in [0.3, 0.4) is 0 Å². The van der Waals surface area contributed by atoms with E-state index in [1.54, 1.807) is 0 Å². The van der Waals surface area contributed by atoms with Crippen molar-refractivity contribution in [2.45, 2.75) is 71.6 Å². The molecule has 1 aromatic heterocycles. The zero-order chi connectivity index (χ0) is 13.0. The molecule has 0 radical (unpaired) electrons. The third-order valence-corrected chi connectivity index (χ3v) is 3.88. The Morgan fingerprint density at radius 2 is 2.06 bits per heavy atom. The Morgan fingerprint density at radius 1 is 1.33 bits per heavy atom. The second-order valence-corrected chi connectivity index (χ2v) is 5.42. The van der Waals surface area contributed by atoms with Gasteiger partial charge >= 0.3 is 0 Å². The van der Waals surface area contributed by atoms with Crippen LogP contribution in [0.15, 0.2) is 12.3 Å². The van der Waals surface area contributed by atoms with Gasteiger partial charge in [-0.25, -0.2) is 10.4 Å². The average Bonchev–Trinajstić information content (AvgIpc) is 2.77. The van der Waals surface area contributed by atoms with Gasteiger partial charge in [0, 0.05) is 24.8 Å². The maximum atomic E-state index is 4.37. The SMILES string of the molecule is CCCn1nccc1CNN1C(C)CCCC1C. The standard InChI is InChI=1S/C14H26N4/c1-4-10-17-14(8-9-15-17)11-16-18-12(2)6-5-7-13(18)3/h8-9,12-13,16H,4-7,10-11H2,1-3H3. The first kappa shape index (κ1) is 13.6. The lowest BCUT2D eigenvalue weighted by molar-refractivity contribution is 0.0426. The van der Waals surface area contributed by atoms with Crippen LogP contribution < -0.4 is 5.43 Å². The zero-order valence-electron chi connectivity index (χ0n) is 11.9. The molecule has 1 aliphatic heterocycles. The Morgan fingerprint density at radius 3 is 2.72 bits per heavy atom. The minimum absolute atomic E-state index is 0.635. The van der Waals surface area contributed by atoms with E-state index >= 15 is 0 Å². The van der Waals surface area contributed by atoms with Crippen molar-refractivity contribution in [1.29, 1.82) is 0 Å². The molecule has 2 atom stereocenters. The second-order valence-electron chi connectivity index (χ2n) is 5.42. The van der Waals surface area contributed by atoms with Gasteiger partial charge < -0.3 is 0 Å². The first-order valence-electron chi connectivity index (χ1n) is 7.25. The van der Waals surface area contributed by atoms with Crippen molar-refractivity contribution in [3.8, 4) is 0 Å². The highest BCUT2D eigenvalue weighted by Gasteiger charge is 2.24. The van der Waals surface area contributed by atoms with E-state index in [-0.39, 0.29) is 0 Å². The van der Waals surface area contributed by atoms with Crippen molar-refractivity contribution in [2.75, 3.05) is 0 Å². The topological polar surface area (TPSA) is 33.1 Å². The number of rotatable bonds is 5. The number of hydrogen-bond acceptors (Lipinski definition) is 3. The first-order valence-corrected chi connectivity index (χ1v) is 7.25. The molecule has 1 N–H and O–H groups in total. The fourth-order valence-corrected chi connectivity index (χ4v) is 2.83. The molecule has 1 aromatic rings. The molecular weight excluding hydrogens is 224 g/mol. The molecule has 4 nitrogen and oxygen atoms in total. The Bertz CT molecular complexity index is 350. The molecule has 0 amide bonds. The molecule has 2 unspecified atom stereocenters. The lowest BCUT2D eigenvalue weighted by Gasteiger charge is -2.39. The highest BCUT2D eigenvalue weighted by atomic mass is 15.5. The van der Waals surface area contributed by atoms with Crippen LogP contribution in [0, 0.1) is 0 Å². The molecule has 0 bridgehead atoms. The third kappa shape index (κ3) is 3.12. The van der Waals surface area contributed by atoms with E-state index in [1.165, 1.54) is 25.0 Å². The molecule has 1 saturated heterocycles. The highest BCUT2D eigenvalue weighted by molar-refractivity contribution is 5.00. The molecular formula is C14H26N4. The summed E-state index contributed by atoms with van der Waals surface area (Å²) in [4.78, 5) is 0. The average molecular weight is 250 g/mol. The van der Waals surface area contributed by atoms with Gasteiger partial charge in [-0.05, 0) is 39.2 Å². The van der Waals surface area contributed by atoms with E-state index in [4.69, 9.17) is 0 Å². The lowest BCUT2D eigenvalue weighted by atomic mass is 10.00. The van der Waals surface area contributed by atoms with Crippen LogP contribution in [-0.4, -0.2) is 26.9 Å². The zero-order valence-corrected chi connectivity index (χ0v) is 11.9. The minimum Gasteiger partial charge on any atom is -0.268 e. The summed E-state index contributed by atoms with van der Waals surface area (Å²) in [6.45, 7) is 8.70. The summed E-state index contributed by atoms with van der Waals surface area (Å²) in [7, 11) is 0. The van der Waals surface area contributed by atoms with Crippen LogP contribution in [0.1, 0.15) is 52.1 Å². The maximum Gasteiger partial charge on any atom is 0.0536 e. The predicted octanol–water partition coefficient (Wildman–Crippen LogP) is 2.56. The number of piperidine rings is 1. The van der Waals surface area contributed by atoms with Gasteiger partial charge in [-0.15, -0.1) is 0 Å². The van der Waals surface area contributed by atoms with Crippen LogP contribution in [0.5, 0.6) is 0 Å². The van der Waals surface area contributed by atoms with Crippen molar-refractivity contribution >= 4 is 0 Å². The predicted molar refractivity (Wildman–Crippen MR) is 74.0 cm³/mol. The lowest BCUT2D eigenvalue weighted by Crippen LogP contribution is -2.51. The summed E-state index contributed by atoms with van der Waals surface area (Å²) in [5.41, 5.74) is 4.87. The number of hydrazine groups is 1. The number of nitrogens with one attached hydrogen (secondary N) is 1. The highest BCUT2D eigenvalue weighted by Crippen LogP contribution is 2.20. The number of nitrogens with zero attached hydrogens (tertiary/aromatic N) is 3. The summed E-state index contributed by atoms with van der Waals surface area (Å²) in [6, 6.07) is 3.38. The quantitative estimate of drug-likeness (QED) is 0.872. The largest absolute Gasteiger partial charge is 0.268 e. The molecule has 4 heteroatoms. The van der Waals surface area contributed by atoms with Crippen LogP contribution >= 0.6 is 0 Å². The van der Waals surface area contributed by atoms with E-state index < -0.39 is 0 Å². The van der Waals surface area contributed by atoms with Gasteiger partial charge in [-0.2, -0.15) is 5.10 Å². The van der Waals surface area contributed by atoms with Crippen LogP contribution in [0.25, 0.3) is 0 Å². The monoisotopic (exact) mass is 250 g/mol. The summed E-state index contributed by atoms with van der Waals surface area (Å²) in [5.74, 6) is 0. The van der Waals surface area contributed by atoms with Gasteiger partial charge in [0.25, 0.3) is 0 Å². The fraction of sp³-hybridized carbons (Fsp3) is 0.786. The van der Waals surface area contributed by atoms with Crippen molar-refractivity contribution in [3.63, 3.8) is 0 Å². The summed E-state index contributed by atoms with van der Waals surface area (Å²) < 4.78 is 2.10. The van der Waals surface area contributed by atoms with Gasteiger partial charge in [-0.3, -0.25) is 4.68 Å². The Labute approximate surface area is 110 Å². The molecule has 102 valence electrons. The van der Waals surface area contributed by atoms with E-state index in [0.29, 0.717) is 12.1 Å². The van der Waals surface area contributed by atoms with Crippen molar-refractivity contribution in [1.82, 2.24) is 20.2 Å². The van der Waals surface area contributed by atoms with Gasteiger partial charge in [0.15, 0.2) is 0 Å².